The number of aliphatic hydroxyl groups excluding tert-OH is 1. The minimum atomic E-state index is -0.926. The highest BCUT2D eigenvalue weighted by molar-refractivity contribution is 5.92. The van der Waals surface area contributed by atoms with E-state index in [0.29, 0.717) is 18.9 Å². The van der Waals surface area contributed by atoms with E-state index in [0.717, 1.165) is 29.7 Å². The van der Waals surface area contributed by atoms with Gasteiger partial charge in [-0.1, -0.05) is 0 Å². The molecule has 100 valence electrons. The van der Waals surface area contributed by atoms with E-state index in [1.165, 1.54) is 0 Å². The maximum absolute atomic E-state index is 11.1. The Hall–Kier alpha value is -1.88. The van der Waals surface area contributed by atoms with Gasteiger partial charge in [-0.25, -0.2) is 9.78 Å². The van der Waals surface area contributed by atoms with Crippen LogP contribution in [0.4, 0.5) is 0 Å². The Morgan fingerprint density at radius 1 is 1.42 bits per heavy atom. The number of rotatable bonds is 5. The average molecular weight is 260 g/mol. The third-order valence-corrected chi connectivity index (χ3v) is 3.51. The second-order valence-electron chi connectivity index (χ2n) is 4.98. The summed E-state index contributed by atoms with van der Waals surface area (Å²) in [6.45, 7) is 0.810. The zero-order valence-electron chi connectivity index (χ0n) is 10.5. The third kappa shape index (κ3) is 2.21. The summed E-state index contributed by atoms with van der Waals surface area (Å²) < 4.78 is 2.07. The number of benzene rings is 1. The van der Waals surface area contributed by atoms with Crippen molar-refractivity contribution >= 4 is 17.0 Å². The molecule has 2 aromatic rings. The molecule has 1 aromatic carbocycles. The Labute approximate surface area is 110 Å². The zero-order valence-corrected chi connectivity index (χ0v) is 10.5. The van der Waals surface area contributed by atoms with E-state index in [2.05, 4.69) is 9.55 Å². The number of carbonyl (C=O) groups is 1. The number of fused-ring (bicyclic) bond motifs is 1. The van der Waals surface area contributed by atoms with Crippen molar-refractivity contribution in [2.75, 3.05) is 6.61 Å². The first kappa shape index (κ1) is 12.2. The number of imidazole rings is 1. The van der Waals surface area contributed by atoms with Gasteiger partial charge in [-0.05, 0) is 37.5 Å². The van der Waals surface area contributed by atoms with Gasteiger partial charge >= 0.3 is 5.97 Å². The Balaban J connectivity index is 2.11. The highest BCUT2D eigenvalue weighted by Gasteiger charge is 2.29. The number of aliphatic hydroxyl groups is 1. The van der Waals surface area contributed by atoms with E-state index < -0.39 is 5.97 Å². The van der Waals surface area contributed by atoms with Crippen molar-refractivity contribution in [3.63, 3.8) is 0 Å². The molecule has 0 radical (unpaired) electrons. The lowest BCUT2D eigenvalue weighted by atomic mass is 10.2. The van der Waals surface area contributed by atoms with Gasteiger partial charge in [-0.3, -0.25) is 0 Å². The molecule has 1 aromatic heterocycles. The smallest absolute Gasteiger partial charge is 0.335 e. The predicted molar refractivity (Wildman–Crippen MR) is 70.4 cm³/mol. The molecule has 3 rings (SSSR count). The van der Waals surface area contributed by atoms with E-state index >= 15 is 0 Å². The second-order valence-corrected chi connectivity index (χ2v) is 4.98. The van der Waals surface area contributed by atoms with Crippen LogP contribution in [-0.4, -0.2) is 32.3 Å². The summed E-state index contributed by atoms with van der Waals surface area (Å²) in [5.74, 6) is 0.607. The zero-order chi connectivity index (χ0) is 13.4. The van der Waals surface area contributed by atoms with Crippen molar-refractivity contribution in [2.24, 2.45) is 0 Å². The number of hydrogen-bond acceptors (Lipinski definition) is 3. The van der Waals surface area contributed by atoms with Crippen molar-refractivity contribution in [3.8, 4) is 0 Å². The Bertz CT molecular complexity index is 629. The van der Waals surface area contributed by atoms with Gasteiger partial charge in [0.15, 0.2) is 0 Å². The van der Waals surface area contributed by atoms with E-state index in [1.807, 2.05) is 0 Å². The number of aromatic carboxylic acids is 1. The molecule has 0 atom stereocenters. The summed E-state index contributed by atoms with van der Waals surface area (Å²) in [6, 6.07) is 5.03. The molecule has 0 saturated heterocycles. The number of aryl methyl sites for hydroxylation is 1. The Morgan fingerprint density at radius 2 is 2.21 bits per heavy atom. The van der Waals surface area contributed by atoms with E-state index in [-0.39, 0.29) is 12.2 Å². The molecule has 1 aliphatic carbocycles. The molecule has 19 heavy (non-hydrogen) atoms. The summed E-state index contributed by atoms with van der Waals surface area (Å²) >= 11 is 0. The number of carboxylic acids is 1. The molecule has 0 spiro atoms. The number of aromatic nitrogens is 2. The van der Waals surface area contributed by atoms with E-state index in [9.17, 15) is 4.79 Å². The van der Waals surface area contributed by atoms with Crippen LogP contribution in [0.3, 0.4) is 0 Å². The quantitative estimate of drug-likeness (QED) is 0.862. The van der Waals surface area contributed by atoms with Gasteiger partial charge < -0.3 is 14.8 Å². The van der Waals surface area contributed by atoms with Crippen LogP contribution in [0.1, 0.15) is 41.4 Å². The fourth-order valence-corrected chi connectivity index (χ4v) is 2.39. The highest BCUT2D eigenvalue weighted by atomic mass is 16.4. The van der Waals surface area contributed by atoms with Crippen LogP contribution in [0.25, 0.3) is 11.0 Å². The minimum absolute atomic E-state index is 0.127. The molecule has 0 bridgehead atoms. The van der Waals surface area contributed by atoms with Crippen molar-refractivity contribution < 1.29 is 15.0 Å². The topological polar surface area (TPSA) is 75.3 Å². The maximum Gasteiger partial charge on any atom is 0.335 e. The summed E-state index contributed by atoms with van der Waals surface area (Å²) in [5.41, 5.74) is 1.97. The van der Waals surface area contributed by atoms with Crippen LogP contribution < -0.4 is 0 Å². The first-order valence-corrected chi connectivity index (χ1v) is 6.55. The first-order chi connectivity index (χ1) is 9.20. The molecule has 0 unspecified atom stereocenters. The lowest BCUT2D eigenvalue weighted by molar-refractivity contribution is 0.0697. The van der Waals surface area contributed by atoms with Crippen molar-refractivity contribution in [1.29, 1.82) is 0 Å². The van der Waals surface area contributed by atoms with Gasteiger partial charge in [0, 0.05) is 19.1 Å². The standard InChI is InChI=1S/C14H16N2O3/c17-7-1-6-16-12-8-10(14(18)19)4-5-11(12)15-13(16)9-2-3-9/h4-5,8-9,17H,1-3,6-7H2,(H,18,19). The summed E-state index contributed by atoms with van der Waals surface area (Å²) in [5, 5.41) is 18.1. The minimum Gasteiger partial charge on any atom is -0.478 e. The van der Waals surface area contributed by atoms with E-state index in [4.69, 9.17) is 10.2 Å². The number of carboxylic acid groups (broad SMARTS) is 1. The molecule has 1 saturated carbocycles. The fourth-order valence-electron chi connectivity index (χ4n) is 2.39. The lowest BCUT2D eigenvalue weighted by Gasteiger charge is -2.07. The van der Waals surface area contributed by atoms with Crippen LogP contribution in [0, 0.1) is 0 Å². The van der Waals surface area contributed by atoms with Crippen LogP contribution >= 0.6 is 0 Å². The van der Waals surface area contributed by atoms with Gasteiger partial charge in [0.05, 0.1) is 16.6 Å². The average Bonchev–Trinajstić information content (AvgIpc) is 3.18. The van der Waals surface area contributed by atoms with Gasteiger partial charge in [-0.15, -0.1) is 0 Å². The monoisotopic (exact) mass is 260 g/mol. The molecule has 2 N–H and O–H groups in total. The Morgan fingerprint density at radius 3 is 2.84 bits per heavy atom. The van der Waals surface area contributed by atoms with Crippen molar-refractivity contribution in [3.05, 3.63) is 29.6 Å². The second kappa shape index (κ2) is 4.66. The van der Waals surface area contributed by atoms with Gasteiger partial charge in [-0.2, -0.15) is 0 Å². The molecule has 5 nitrogen and oxygen atoms in total. The van der Waals surface area contributed by atoms with Crippen LogP contribution in [0.15, 0.2) is 18.2 Å². The molecule has 1 heterocycles. The molecule has 1 aliphatic rings. The molecule has 0 aliphatic heterocycles. The van der Waals surface area contributed by atoms with Gasteiger partial charge in [0.1, 0.15) is 5.82 Å². The third-order valence-electron chi connectivity index (χ3n) is 3.51. The van der Waals surface area contributed by atoms with Gasteiger partial charge in [0.2, 0.25) is 0 Å². The van der Waals surface area contributed by atoms with Crippen molar-refractivity contribution in [1.82, 2.24) is 9.55 Å². The Kier molecular flexibility index (Phi) is 2.98. The number of nitrogens with zero attached hydrogens (tertiary/aromatic N) is 2. The largest absolute Gasteiger partial charge is 0.478 e. The normalized spacial score (nSPS) is 15.0. The van der Waals surface area contributed by atoms with Gasteiger partial charge in [0.25, 0.3) is 0 Å². The highest BCUT2D eigenvalue weighted by Crippen LogP contribution is 2.40. The molecular weight excluding hydrogens is 244 g/mol. The first-order valence-electron chi connectivity index (χ1n) is 6.55. The SMILES string of the molecule is O=C(O)c1ccc2nc(C3CC3)n(CCCO)c2c1. The fraction of sp³-hybridized carbons (Fsp3) is 0.429. The van der Waals surface area contributed by atoms with Crippen LogP contribution in [-0.2, 0) is 6.54 Å². The maximum atomic E-state index is 11.1. The summed E-state index contributed by atoms with van der Waals surface area (Å²) in [4.78, 5) is 15.7. The molecule has 1 fully saturated rings. The molecule has 5 heteroatoms. The molecule has 0 amide bonds. The van der Waals surface area contributed by atoms with E-state index in [1.54, 1.807) is 18.2 Å². The van der Waals surface area contributed by atoms with Crippen molar-refractivity contribution in [2.45, 2.75) is 31.7 Å². The van der Waals surface area contributed by atoms with Crippen LogP contribution in [0.2, 0.25) is 0 Å². The number of hydrogen-bond donors (Lipinski definition) is 2. The lowest BCUT2D eigenvalue weighted by Crippen LogP contribution is -2.05. The summed E-state index contributed by atoms with van der Waals surface area (Å²) in [6.07, 6.45) is 2.95. The van der Waals surface area contributed by atoms with Crippen LogP contribution in [0.5, 0.6) is 0 Å². The summed E-state index contributed by atoms with van der Waals surface area (Å²) in [7, 11) is 0. The predicted octanol–water partition coefficient (Wildman–Crippen LogP) is 1.99. The molecular formula is C14H16N2O3.